The number of nitrogens with zero attached hydrogens (tertiary/aromatic N) is 1. The Kier molecular flexibility index (Phi) is 4.69. The molecule has 1 aromatic carbocycles. The predicted molar refractivity (Wildman–Crippen MR) is 81.3 cm³/mol. The summed E-state index contributed by atoms with van der Waals surface area (Å²) in [6.45, 7) is 0.504. The molecule has 0 radical (unpaired) electrons. The Balaban J connectivity index is 2.30. The quantitative estimate of drug-likeness (QED) is 0.408. The Labute approximate surface area is 129 Å². The molecule has 4 nitrogen and oxygen atoms in total. The maximum Gasteiger partial charge on any atom is 0.244 e. The minimum Gasteiger partial charge on any atom is -0.379 e. The van der Waals surface area contributed by atoms with E-state index in [1.54, 1.807) is 31.4 Å². The number of sulfonamides is 1. The van der Waals surface area contributed by atoms with Crippen LogP contribution in [0.1, 0.15) is 6.42 Å². The number of hydrogen-bond acceptors (Lipinski definition) is 3. The SMILES string of the molecule is COC1CCN(S(=O)(=O)c2ccc(Br)cc2)C1I. The van der Waals surface area contributed by atoms with Crippen LogP contribution in [0.5, 0.6) is 0 Å². The second-order valence-electron chi connectivity index (χ2n) is 4.01. The van der Waals surface area contributed by atoms with Crippen molar-refractivity contribution in [3.8, 4) is 0 Å². The molecule has 0 N–H and O–H groups in total. The third kappa shape index (κ3) is 2.74. The number of halogens is 2. The summed E-state index contributed by atoms with van der Waals surface area (Å²) < 4.78 is 32.4. The number of methoxy groups -OCH3 is 1. The molecule has 2 atom stereocenters. The van der Waals surface area contributed by atoms with Gasteiger partial charge in [0, 0.05) is 18.1 Å². The minimum atomic E-state index is -3.42. The Morgan fingerprint density at radius 3 is 2.50 bits per heavy atom. The predicted octanol–water partition coefficient (Wildman–Crippen LogP) is 2.62. The standard InChI is InChI=1S/C11H13BrINO3S/c1-17-10-6-7-14(11(10)13)18(15,16)9-4-2-8(12)3-5-9/h2-5,10-11H,6-7H2,1H3. The van der Waals surface area contributed by atoms with Gasteiger partial charge in [0.25, 0.3) is 0 Å². The molecule has 100 valence electrons. The molecule has 1 fully saturated rings. The van der Waals surface area contributed by atoms with Crippen LogP contribution in [0.4, 0.5) is 0 Å². The van der Waals surface area contributed by atoms with Gasteiger partial charge in [0.05, 0.1) is 11.0 Å². The molecule has 1 heterocycles. The van der Waals surface area contributed by atoms with Crippen LogP contribution in [0.25, 0.3) is 0 Å². The maximum atomic E-state index is 12.5. The third-order valence-electron chi connectivity index (χ3n) is 2.94. The molecule has 1 aromatic rings. The number of benzene rings is 1. The number of alkyl halides is 1. The summed E-state index contributed by atoms with van der Waals surface area (Å²) in [4.78, 5) is 0.323. The number of rotatable bonds is 3. The number of ether oxygens (including phenoxy) is 1. The van der Waals surface area contributed by atoms with Crippen molar-refractivity contribution in [2.24, 2.45) is 0 Å². The summed E-state index contributed by atoms with van der Waals surface area (Å²) in [5.41, 5.74) is 0. The molecule has 2 unspecified atom stereocenters. The molecule has 7 heteroatoms. The van der Waals surface area contributed by atoms with Gasteiger partial charge in [-0.3, -0.25) is 0 Å². The average molecular weight is 446 g/mol. The normalized spacial score (nSPS) is 25.5. The van der Waals surface area contributed by atoms with E-state index in [0.29, 0.717) is 11.4 Å². The summed E-state index contributed by atoms with van der Waals surface area (Å²) in [6.07, 6.45) is 0.704. The summed E-state index contributed by atoms with van der Waals surface area (Å²) in [5.74, 6) is 0. The van der Waals surface area contributed by atoms with Crippen LogP contribution in [0, 0.1) is 0 Å². The molecule has 0 amide bonds. The van der Waals surface area contributed by atoms with Crippen molar-refractivity contribution >= 4 is 48.5 Å². The lowest BCUT2D eigenvalue weighted by molar-refractivity contribution is 0.110. The van der Waals surface area contributed by atoms with Gasteiger partial charge in [-0.05, 0) is 30.7 Å². The fourth-order valence-corrected chi connectivity index (χ4v) is 5.52. The zero-order chi connectivity index (χ0) is 13.3. The largest absolute Gasteiger partial charge is 0.379 e. The van der Waals surface area contributed by atoms with Crippen molar-refractivity contribution in [2.45, 2.75) is 21.5 Å². The first kappa shape index (κ1) is 14.7. The van der Waals surface area contributed by atoms with Crippen molar-refractivity contribution < 1.29 is 13.2 Å². The van der Waals surface area contributed by atoms with Crippen molar-refractivity contribution in [3.05, 3.63) is 28.7 Å². The van der Waals surface area contributed by atoms with Crippen molar-refractivity contribution in [1.29, 1.82) is 0 Å². The lowest BCUT2D eigenvalue weighted by Crippen LogP contribution is -2.35. The van der Waals surface area contributed by atoms with Gasteiger partial charge in [0.1, 0.15) is 4.05 Å². The first-order valence-electron chi connectivity index (χ1n) is 5.41. The zero-order valence-electron chi connectivity index (χ0n) is 9.71. The smallest absolute Gasteiger partial charge is 0.244 e. The highest BCUT2D eigenvalue weighted by Gasteiger charge is 2.40. The fraction of sp³-hybridized carbons (Fsp3) is 0.455. The van der Waals surface area contributed by atoms with Crippen LogP contribution < -0.4 is 0 Å². The summed E-state index contributed by atoms with van der Waals surface area (Å²) in [5, 5.41) is 0. The molecule has 1 aliphatic heterocycles. The van der Waals surface area contributed by atoms with E-state index in [1.165, 1.54) is 4.31 Å². The molecule has 0 aromatic heterocycles. The first-order chi connectivity index (χ1) is 8.46. The second kappa shape index (κ2) is 5.74. The zero-order valence-corrected chi connectivity index (χ0v) is 14.3. The molecule has 0 aliphatic carbocycles. The summed E-state index contributed by atoms with van der Waals surface area (Å²) >= 11 is 5.43. The highest BCUT2D eigenvalue weighted by atomic mass is 127. The third-order valence-corrected chi connectivity index (χ3v) is 7.22. The molecule has 2 rings (SSSR count). The lowest BCUT2D eigenvalue weighted by atomic mass is 10.3. The van der Waals surface area contributed by atoms with Crippen molar-refractivity contribution in [3.63, 3.8) is 0 Å². The van der Waals surface area contributed by atoms with Gasteiger partial charge >= 0.3 is 0 Å². The van der Waals surface area contributed by atoms with E-state index in [4.69, 9.17) is 4.74 Å². The van der Waals surface area contributed by atoms with E-state index < -0.39 is 10.0 Å². The molecule has 1 aliphatic rings. The Morgan fingerprint density at radius 2 is 2.00 bits per heavy atom. The molecule has 0 spiro atoms. The average Bonchev–Trinajstić information content (AvgIpc) is 2.71. The van der Waals surface area contributed by atoms with Gasteiger partial charge in [-0.25, -0.2) is 8.42 Å². The van der Waals surface area contributed by atoms with Gasteiger partial charge in [0.2, 0.25) is 10.0 Å². The van der Waals surface area contributed by atoms with E-state index in [2.05, 4.69) is 38.5 Å². The van der Waals surface area contributed by atoms with Crippen molar-refractivity contribution in [1.82, 2.24) is 4.31 Å². The summed E-state index contributed by atoms with van der Waals surface area (Å²) in [7, 11) is -1.81. The topological polar surface area (TPSA) is 46.6 Å². The van der Waals surface area contributed by atoms with E-state index in [-0.39, 0.29) is 10.2 Å². The van der Waals surface area contributed by atoms with E-state index >= 15 is 0 Å². The monoisotopic (exact) mass is 445 g/mol. The lowest BCUT2D eigenvalue weighted by Gasteiger charge is -2.22. The van der Waals surface area contributed by atoms with Gasteiger partial charge in [-0.15, -0.1) is 0 Å². The molecular formula is C11H13BrINO3S. The minimum absolute atomic E-state index is 0.0316. The van der Waals surface area contributed by atoms with Crippen LogP contribution in [0.15, 0.2) is 33.6 Å². The Hall–Kier alpha value is 0.300. The molecule has 0 bridgehead atoms. The maximum absolute atomic E-state index is 12.5. The van der Waals surface area contributed by atoms with E-state index in [9.17, 15) is 8.42 Å². The molecule has 1 saturated heterocycles. The van der Waals surface area contributed by atoms with Crippen LogP contribution in [0.3, 0.4) is 0 Å². The fourth-order valence-electron chi connectivity index (χ4n) is 1.93. The van der Waals surface area contributed by atoms with Crippen LogP contribution in [-0.4, -0.2) is 36.5 Å². The number of hydrogen-bond donors (Lipinski definition) is 0. The van der Waals surface area contributed by atoms with E-state index in [1.807, 2.05) is 0 Å². The van der Waals surface area contributed by atoms with Gasteiger partial charge in [-0.2, -0.15) is 4.31 Å². The van der Waals surface area contributed by atoms with Gasteiger partial charge in [-0.1, -0.05) is 38.5 Å². The second-order valence-corrected chi connectivity index (χ2v) is 8.09. The van der Waals surface area contributed by atoms with Crippen LogP contribution >= 0.6 is 38.5 Å². The molecule has 18 heavy (non-hydrogen) atoms. The van der Waals surface area contributed by atoms with Gasteiger partial charge < -0.3 is 4.74 Å². The van der Waals surface area contributed by atoms with E-state index in [0.717, 1.165) is 10.9 Å². The highest BCUT2D eigenvalue weighted by Crippen LogP contribution is 2.31. The Morgan fingerprint density at radius 1 is 1.39 bits per heavy atom. The van der Waals surface area contributed by atoms with Crippen LogP contribution in [-0.2, 0) is 14.8 Å². The van der Waals surface area contributed by atoms with Crippen molar-refractivity contribution in [2.75, 3.05) is 13.7 Å². The molecule has 0 saturated carbocycles. The Bertz CT molecular complexity index is 520. The highest BCUT2D eigenvalue weighted by molar-refractivity contribution is 14.1. The van der Waals surface area contributed by atoms with Crippen LogP contribution in [0.2, 0.25) is 0 Å². The molecular weight excluding hydrogens is 433 g/mol. The first-order valence-corrected chi connectivity index (χ1v) is 8.89. The van der Waals surface area contributed by atoms with Gasteiger partial charge in [0.15, 0.2) is 0 Å². The summed E-state index contributed by atoms with van der Waals surface area (Å²) in [6, 6.07) is 6.70.